The van der Waals surface area contributed by atoms with E-state index in [4.69, 9.17) is 4.42 Å². The molecule has 1 aliphatic rings. The SMILES string of the molecule is Cc1oc2cc(O)ccc2c1C(=O)NC1(C)CCC1. The number of carbonyl (C=O) groups is 1. The number of benzene rings is 1. The van der Waals surface area contributed by atoms with Gasteiger partial charge in [-0.05, 0) is 45.2 Å². The number of hydrogen-bond donors (Lipinski definition) is 2. The third kappa shape index (κ3) is 1.97. The van der Waals surface area contributed by atoms with Gasteiger partial charge in [-0.15, -0.1) is 0 Å². The van der Waals surface area contributed by atoms with Gasteiger partial charge >= 0.3 is 0 Å². The van der Waals surface area contributed by atoms with Gasteiger partial charge in [-0.2, -0.15) is 0 Å². The quantitative estimate of drug-likeness (QED) is 0.871. The van der Waals surface area contributed by atoms with Crippen molar-refractivity contribution in [2.45, 2.75) is 38.6 Å². The van der Waals surface area contributed by atoms with Crippen LogP contribution >= 0.6 is 0 Å². The summed E-state index contributed by atoms with van der Waals surface area (Å²) in [7, 11) is 0. The third-order valence-electron chi connectivity index (χ3n) is 3.95. The van der Waals surface area contributed by atoms with Gasteiger partial charge in [-0.3, -0.25) is 4.79 Å². The molecular weight excluding hydrogens is 242 g/mol. The van der Waals surface area contributed by atoms with E-state index in [0.29, 0.717) is 16.9 Å². The topological polar surface area (TPSA) is 62.5 Å². The second kappa shape index (κ2) is 4.02. The Kier molecular flexibility index (Phi) is 2.55. The molecule has 1 saturated carbocycles. The minimum absolute atomic E-state index is 0.0793. The monoisotopic (exact) mass is 259 g/mol. The molecule has 1 aromatic heterocycles. The first-order valence-corrected chi connectivity index (χ1v) is 6.53. The Morgan fingerprint density at radius 1 is 1.42 bits per heavy atom. The smallest absolute Gasteiger partial charge is 0.255 e. The summed E-state index contributed by atoms with van der Waals surface area (Å²) < 4.78 is 5.55. The molecule has 2 aromatic rings. The molecule has 1 fully saturated rings. The number of furan rings is 1. The first-order valence-electron chi connectivity index (χ1n) is 6.53. The van der Waals surface area contributed by atoms with Crippen molar-refractivity contribution in [2.75, 3.05) is 0 Å². The van der Waals surface area contributed by atoms with Crippen LogP contribution in [0.4, 0.5) is 0 Å². The van der Waals surface area contributed by atoms with Gasteiger partial charge in [-0.25, -0.2) is 0 Å². The van der Waals surface area contributed by atoms with Crippen LogP contribution in [0.15, 0.2) is 22.6 Å². The lowest BCUT2D eigenvalue weighted by atomic mass is 9.78. The Balaban J connectivity index is 1.99. The van der Waals surface area contributed by atoms with E-state index in [9.17, 15) is 9.90 Å². The van der Waals surface area contributed by atoms with Crippen molar-refractivity contribution in [3.63, 3.8) is 0 Å². The molecule has 0 unspecified atom stereocenters. The van der Waals surface area contributed by atoms with E-state index in [1.807, 2.05) is 0 Å². The van der Waals surface area contributed by atoms with E-state index in [-0.39, 0.29) is 17.2 Å². The van der Waals surface area contributed by atoms with Gasteiger partial charge < -0.3 is 14.8 Å². The fourth-order valence-electron chi connectivity index (χ4n) is 2.66. The second-order valence-corrected chi connectivity index (χ2v) is 5.58. The number of aromatic hydroxyl groups is 1. The van der Waals surface area contributed by atoms with Crippen LogP contribution in [-0.4, -0.2) is 16.6 Å². The van der Waals surface area contributed by atoms with Gasteiger partial charge in [0.2, 0.25) is 0 Å². The molecule has 2 N–H and O–H groups in total. The van der Waals surface area contributed by atoms with Crippen LogP contribution in [0.5, 0.6) is 5.75 Å². The van der Waals surface area contributed by atoms with Crippen LogP contribution in [0.2, 0.25) is 0 Å². The number of nitrogens with one attached hydrogen (secondary N) is 1. The van der Waals surface area contributed by atoms with Crippen molar-refractivity contribution in [2.24, 2.45) is 0 Å². The largest absolute Gasteiger partial charge is 0.508 e. The summed E-state index contributed by atoms with van der Waals surface area (Å²) >= 11 is 0. The Morgan fingerprint density at radius 3 is 2.79 bits per heavy atom. The summed E-state index contributed by atoms with van der Waals surface area (Å²) in [6.07, 6.45) is 3.21. The van der Waals surface area contributed by atoms with Gasteiger partial charge in [0.25, 0.3) is 5.91 Å². The molecule has 100 valence electrons. The Bertz CT molecular complexity index is 653. The summed E-state index contributed by atoms with van der Waals surface area (Å²) in [4.78, 5) is 12.4. The average molecular weight is 259 g/mol. The Labute approximate surface area is 111 Å². The Morgan fingerprint density at radius 2 is 2.16 bits per heavy atom. The standard InChI is InChI=1S/C15H17NO3/c1-9-13(14(18)16-15(2)6-3-7-15)11-5-4-10(17)8-12(11)19-9/h4-5,8,17H,3,6-7H2,1-2H3,(H,16,18). The van der Waals surface area contributed by atoms with Crippen molar-refractivity contribution in [1.82, 2.24) is 5.32 Å². The maximum Gasteiger partial charge on any atom is 0.255 e. The van der Waals surface area contributed by atoms with Crippen LogP contribution in [-0.2, 0) is 0 Å². The van der Waals surface area contributed by atoms with Crippen LogP contribution in [0.25, 0.3) is 11.0 Å². The predicted octanol–water partition coefficient (Wildman–Crippen LogP) is 3.12. The minimum Gasteiger partial charge on any atom is -0.508 e. The zero-order valence-corrected chi connectivity index (χ0v) is 11.1. The van der Waals surface area contributed by atoms with Crippen LogP contribution < -0.4 is 5.32 Å². The van der Waals surface area contributed by atoms with E-state index in [1.165, 1.54) is 6.07 Å². The summed E-state index contributed by atoms with van der Waals surface area (Å²) in [6, 6.07) is 4.82. The zero-order chi connectivity index (χ0) is 13.6. The first-order chi connectivity index (χ1) is 8.98. The van der Waals surface area contributed by atoms with E-state index < -0.39 is 0 Å². The summed E-state index contributed by atoms with van der Waals surface area (Å²) in [6.45, 7) is 3.84. The summed E-state index contributed by atoms with van der Waals surface area (Å²) in [5.41, 5.74) is 1.04. The highest BCUT2D eigenvalue weighted by Crippen LogP contribution is 2.33. The van der Waals surface area contributed by atoms with E-state index in [1.54, 1.807) is 19.1 Å². The van der Waals surface area contributed by atoms with Gasteiger partial charge in [0.05, 0.1) is 5.56 Å². The molecule has 0 bridgehead atoms. The minimum atomic E-state index is -0.0934. The van der Waals surface area contributed by atoms with Crippen LogP contribution in [0, 0.1) is 6.92 Å². The van der Waals surface area contributed by atoms with Gasteiger partial charge in [0.1, 0.15) is 17.1 Å². The third-order valence-corrected chi connectivity index (χ3v) is 3.95. The van der Waals surface area contributed by atoms with Gasteiger partial charge in [0, 0.05) is 17.0 Å². The fraction of sp³-hybridized carbons (Fsp3) is 0.400. The molecule has 4 heteroatoms. The summed E-state index contributed by atoms with van der Waals surface area (Å²) in [5, 5.41) is 13.3. The molecule has 0 aliphatic heterocycles. The highest BCUT2D eigenvalue weighted by atomic mass is 16.3. The molecule has 0 saturated heterocycles. The maximum absolute atomic E-state index is 12.4. The highest BCUT2D eigenvalue weighted by molar-refractivity contribution is 6.07. The maximum atomic E-state index is 12.4. The zero-order valence-electron chi connectivity index (χ0n) is 11.1. The number of fused-ring (bicyclic) bond motifs is 1. The van der Waals surface area contributed by atoms with E-state index >= 15 is 0 Å². The van der Waals surface area contributed by atoms with Gasteiger partial charge in [0.15, 0.2) is 0 Å². The summed E-state index contributed by atoms with van der Waals surface area (Å²) in [5.74, 6) is 0.629. The van der Waals surface area contributed by atoms with Crippen molar-refractivity contribution in [3.8, 4) is 5.75 Å². The van der Waals surface area contributed by atoms with E-state index in [0.717, 1.165) is 24.6 Å². The molecule has 1 amide bonds. The number of phenolic OH excluding ortho intramolecular Hbond substituents is 1. The van der Waals surface area contributed by atoms with Crippen molar-refractivity contribution in [1.29, 1.82) is 0 Å². The molecular formula is C15H17NO3. The highest BCUT2D eigenvalue weighted by Gasteiger charge is 2.34. The van der Waals surface area contributed by atoms with Crippen LogP contribution in [0.3, 0.4) is 0 Å². The normalized spacial score (nSPS) is 17.2. The molecule has 1 aromatic carbocycles. The number of phenols is 1. The molecule has 0 spiro atoms. The Hall–Kier alpha value is -1.97. The molecule has 4 nitrogen and oxygen atoms in total. The van der Waals surface area contributed by atoms with Crippen molar-refractivity contribution < 1.29 is 14.3 Å². The van der Waals surface area contributed by atoms with Crippen molar-refractivity contribution >= 4 is 16.9 Å². The first kappa shape index (κ1) is 12.1. The average Bonchev–Trinajstić information content (AvgIpc) is 2.62. The lowest BCUT2D eigenvalue weighted by molar-refractivity contribution is 0.0850. The molecule has 3 rings (SSSR count). The molecule has 0 atom stereocenters. The fourth-order valence-corrected chi connectivity index (χ4v) is 2.66. The van der Waals surface area contributed by atoms with Crippen LogP contribution in [0.1, 0.15) is 42.3 Å². The van der Waals surface area contributed by atoms with Gasteiger partial charge in [-0.1, -0.05) is 0 Å². The number of rotatable bonds is 2. The predicted molar refractivity (Wildman–Crippen MR) is 72.3 cm³/mol. The second-order valence-electron chi connectivity index (χ2n) is 5.58. The number of hydrogen-bond acceptors (Lipinski definition) is 3. The molecule has 0 radical (unpaired) electrons. The molecule has 19 heavy (non-hydrogen) atoms. The van der Waals surface area contributed by atoms with E-state index in [2.05, 4.69) is 12.2 Å². The molecule has 1 aliphatic carbocycles. The lowest BCUT2D eigenvalue weighted by Gasteiger charge is -2.39. The number of amides is 1. The number of aryl methyl sites for hydroxylation is 1. The van der Waals surface area contributed by atoms with Crippen molar-refractivity contribution in [3.05, 3.63) is 29.5 Å². The molecule has 1 heterocycles. The number of carbonyl (C=O) groups excluding carboxylic acids is 1. The lowest BCUT2D eigenvalue weighted by Crippen LogP contribution is -2.51.